The fourth-order valence-electron chi connectivity index (χ4n) is 3.69. The number of nitrogens with two attached hydrogens (primary N) is 1. The minimum atomic E-state index is -1.17. The lowest BCUT2D eigenvalue weighted by Crippen LogP contribution is -2.42. The molecule has 0 radical (unpaired) electrons. The Hall–Kier alpha value is -4.79. The molecular formula is C27H26N4O5. The van der Waals surface area contributed by atoms with E-state index in [0.717, 1.165) is 27.6 Å². The van der Waals surface area contributed by atoms with E-state index in [0.29, 0.717) is 17.9 Å². The standard InChI is InChI=1S/C27H26N4O5/c28-25(29)19-8-6-18(7-9-19)15-35-21-10-11-23-22(13-21)20(14-30-23)12-24(26(32)33)31-27(34)36-16-17-4-2-1-3-5-17/h1-11,13-14,24,30H,12,15-16H2,(H3,28,29)(H,31,34)(H,32,33). The summed E-state index contributed by atoms with van der Waals surface area (Å²) in [5.74, 6) is -0.546. The van der Waals surface area contributed by atoms with Gasteiger partial charge < -0.3 is 30.6 Å². The summed E-state index contributed by atoms with van der Waals surface area (Å²) in [5.41, 5.74) is 9.39. The number of H-pyrrole nitrogens is 1. The van der Waals surface area contributed by atoms with E-state index in [1.165, 1.54) is 0 Å². The van der Waals surface area contributed by atoms with Crippen LogP contribution in [0, 0.1) is 5.41 Å². The minimum Gasteiger partial charge on any atom is -0.489 e. The van der Waals surface area contributed by atoms with Gasteiger partial charge in [0.1, 0.15) is 30.8 Å². The number of hydrogen-bond donors (Lipinski definition) is 5. The van der Waals surface area contributed by atoms with Crippen LogP contribution < -0.4 is 15.8 Å². The number of nitrogen functional groups attached to an aromatic ring is 1. The largest absolute Gasteiger partial charge is 0.489 e. The number of amides is 1. The van der Waals surface area contributed by atoms with Crippen LogP contribution in [0.4, 0.5) is 4.79 Å². The number of benzene rings is 3. The van der Waals surface area contributed by atoms with Gasteiger partial charge in [-0.05, 0) is 34.9 Å². The van der Waals surface area contributed by atoms with E-state index < -0.39 is 18.1 Å². The number of alkyl carbamates (subject to hydrolysis) is 1. The van der Waals surface area contributed by atoms with E-state index in [1.807, 2.05) is 60.7 Å². The topological polar surface area (TPSA) is 151 Å². The molecule has 9 nitrogen and oxygen atoms in total. The van der Waals surface area contributed by atoms with Crippen molar-refractivity contribution in [3.05, 3.63) is 101 Å². The third-order valence-corrected chi connectivity index (χ3v) is 5.64. The van der Waals surface area contributed by atoms with E-state index in [1.54, 1.807) is 18.3 Å². The highest BCUT2D eigenvalue weighted by molar-refractivity contribution is 5.94. The molecular weight excluding hydrogens is 460 g/mol. The van der Waals surface area contributed by atoms with Gasteiger partial charge >= 0.3 is 12.1 Å². The molecule has 184 valence electrons. The second-order valence-corrected chi connectivity index (χ2v) is 8.22. The number of carbonyl (C=O) groups excluding carboxylic acids is 1. The lowest BCUT2D eigenvalue weighted by molar-refractivity contribution is -0.139. The molecule has 4 aromatic rings. The van der Waals surface area contributed by atoms with Crippen molar-refractivity contribution in [2.45, 2.75) is 25.7 Å². The van der Waals surface area contributed by atoms with Crippen LogP contribution in [-0.2, 0) is 29.2 Å². The zero-order chi connectivity index (χ0) is 25.5. The summed E-state index contributed by atoms with van der Waals surface area (Å²) in [7, 11) is 0. The fraction of sp³-hybridized carbons (Fsp3) is 0.148. The maximum atomic E-state index is 12.2. The number of fused-ring (bicyclic) bond motifs is 1. The maximum Gasteiger partial charge on any atom is 0.408 e. The van der Waals surface area contributed by atoms with Gasteiger partial charge in [-0.2, -0.15) is 0 Å². The molecule has 9 heteroatoms. The Morgan fingerprint density at radius 3 is 2.42 bits per heavy atom. The molecule has 4 rings (SSSR count). The Morgan fingerprint density at radius 2 is 1.72 bits per heavy atom. The van der Waals surface area contributed by atoms with Gasteiger partial charge in [-0.1, -0.05) is 54.6 Å². The van der Waals surface area contributed by atoms with Crippen molar-refractivity contribution < 1.29 is 24.2 Å². The van der Waals surface area contributed by atoms with E-state index in [9.17, 15) is 14.7 Å². The van der Waals surface area contributed by atoms with Gasteiger partial charge in [-0.25, -0.2) is 9.59 Å². The molecule has 0 aliphatic rings. The molecule has 1 aromatic heterocycles. The quantitative estimate of drug-likeness (QED) is 0.169. The average molecular weight is 487 g/mol. The van der Waals surface area contributed by atoms with E-state index in [-0.39, 0.29) is 18.9 Å². The molecule has 1 amide bonds. The number of amidine groups is 1. The number of ether oxygens (including phenoxy) is 2. The summed E-state index contributed by atoms with van der Waals surface area (Å²) >= 11 is 0. The predicted molar refractivity (Wildman–Crippen MR) is 135 cm³/mol. The summed E-state index contributed by atoms with van der Waals surface area (Å²) in [6.45, 7) is 0.361. The number of carboxylic acids is 1. The normalized spacial score (nSPS) is 11.6. The first kappa shape index (κ1) is 24.3. The van der Waals surface area contributed by atoms with E-state index in [4.69, 9.17) is 20.6 Å². The van der Waals surface area contributed by atoms with E-state index >= 15 is 0 Å². The molecule has 3 aromatic carbocycles. The SMILES string of the molecule is N=C(N)c1ccc(COc2ccc3[nH]cc(CC(NC(=O)OCc4ccccc4)C(=O)O)c3c2)cc1. The first-order chi connectivity index (χ1) is 17.4. The first-order valence-electron chi connectivity index (χ1n) is 11.2. The number of carboxylic acid groups (broad SMARTS) is 1. The summed E-state index contributed by atoms with van der Waals surface area (Å²) in [6, 6.07) is 20.7. The molecule has 0 saturated carbocycles. The van der Waals surface area contributed by atoms with Crippen LogP contribution in [0.5, 0.6) is 5.75 Å². The highest BCUT2D eigenvalue weighted by Gasteiger charge is 2.23. The molecule has 6 N–H and O–H groups in total. The Bertz CT molecular complexity index is 1370. The van der Waals surface area contributed by atoms with E-state index in [2.05, 4.69) is 10.3 Å². The zero-order valence-corrected chi connectivity index (χ0v) is 19.4. The van der Waals surface area contributed by atoms with Crippen molar-refractivity contribution >= 4 is 28.8 Å². The van der Waals surface area contributed by atoms with Crippen molar-refractivity contribution in [1.82, 2.24) is 10.3 Å². The average Bonchev–Trinajstić information content (AvgIpc) is 3.28. The highest BCUT2D eigenvalue weighted by Crippen LogP contribution is 2.25. The molecule has 36 heavy (non-hydrogen) atoms. The fourth-order valence-corrected chi connectivity index (χ4v) is 3.69. The lowest BCUT2D eigenvalue weighted by Gasteiger charge is -2.14. The number of aliphatic carboxylic acids is 1. The molecule has 1 unspecified atom stereocenters. The van der Waals surface area contributed by atoms with Crippen LogP contribution in [0.15, 0.2) is 79.0 Å². The molecule has 0 aliphatic heterocycles. The Labute approximate surface area is 207 Å². The smallest absolute Gasteiger partial charge is 0.408 e. The molecule has 0 fully saturated rings. The molecule has 0 bridgehead atoms. The monoisotopic (exact) mass is 486 g/mol. The summed E-state index contributed by atoms with van der Waals surface area (Å²) in [5, 5.41) is 20.4. The lowest BCUT2D eigenvalue weighted by atomic mass is 10.0. The van der Waals surface area contributed by atoms with Crippen molar-refractivity contribution in [3.63, 3.8) is 0 Å². The number of aromatic amines is 1. The Morgan fingerprint density at radius 1 is 1.00 bits per heavy atom. The third kappa shape index (κ3) is 6.20. The van der Waals surface area contributed by atoms with Crippen LogP contribution in [0.3, 0.4) is 0 Å². The summed E-state index contributed by atoms with van der Waals surface area (Å²) in [6.07, 6.45) is 0.985. The van der Waals surface area contributed by atoms with Gasteiger partial charge in [0.15, 0.2) is 0 Å². The molecule has 1 heterocycles. The molecule has 0 spiro atoms. The van der Waals surface area contributed by atoms with Gasteiger partial charge in [-0.15, -0.1) is 0 Å². The van der Waals surface area contributed by atoms with Gasteiger partial charge in [0.2, 0.25) is 0 Å². The van der Waals surface area contributed by atoms with Crippen molar-refractivity contribution in [2.75, 3.05) is 0 Å². The number of carbonyl (C=O) groups is 2. The number of aromatic nitrogens is 1. The molecule has 0 saturated heterocycles. The molecule has 1 atom stereocenters. The number of hydrogen-bond acceptors (Lipinski definition) is 5. The third-order valence-electron chi connectivity index (χ3n) is 5.64. The summed E-state index contributed by atoms with van der Waals surface area (Å²) < 4.78 is 11.1. The number of nitrogens with one attached hydrogen (secondary N) is 3. The Balaban J connectivity index is 1.40. The first-order valence-corrected chi connectivity index (χ1v) is 11.2. The van der Waals surface area contributed by atoms with Crippen LogP contribution in [-0.4, -0.2) is 34.0 Å². The van der Waals surface area contributed by atoms with Crippen LogP contribution >= 0.6 is 0 Å². The van der Waals surface area contributed by atoms with Crippen LogP contribution in [0.1, 0.15) is 22.3 Å². The van der Waals surface area contributed by atoms with Gasteiger partial charge in [0.25, 0.3) is 0 Å². The van der Waals surface area contributed by atoms with Crippen molar-refractivity contribution in [3.8, 4) is 5.75 Å². The number of rotatable bonds is 10. The second-order valence-electron chi connectivity index (χ2n) is 8.22. The van der Waals surface area contributed by atoms with Crippen molar-refractivity contribution in [2.24, 2.45) is 5.73 Å². The van der Waals surface area contributed by atoms with Crippen LogP contribution in [0.25, 0.3) is 10.9 Å². The van der Waals surface area contributed by atoms with Gasteiger partial charge in [0, 0.05) is 29.1 Å². The van der Waals surface area contributed by atoms with Crippen molar-refractivity contribution in [1.29, 1.82) is 5.41 Å². The second kappa shape index (κ2) is 11.1. The predicted octanol–water partition coefficient (Wildman–Crippen LogP) is 3.95. The highest BCUT2D eigenvalue weighted by atomic mass is 16.5. The summed E-state index contributed by atoms with van der Waals surface area (Å²) in [4.78, 5) is 27.2. The zero-order valence-electron chi connectivity index (χ0n) is 19.4. The Kier molecular flexibility index (Phi) is 7.50. The maximum absolute atomic E-state index is 12.2. The van der Waals surface area contributed by atoms with Gasteiger partial charge in [-0.3, -0.25) is 5.41 Å². The van der Waals surface area contributed by atoms with Crippen LogP contribution in [0.2, 0.25) is 0 Å². The molecule has 0 aliphatic carbocycles. The minimum absolute atomic E-state index is 0.00604. The van der Waals surface area contributed by atoms with Gasteiger partial charge in [0.05, 0.1) is 0 Å².